The lowest BCUT2D eigenvalue weighted by atomic mass is 9.78. The molecule has 0 radical (unpaired) electrons. The maximum Gasteiger partial charge on any atom is 0.128 e. The van der Waals surface area contributed by atoms with Crippen molar-refractivity contribution in [1.29, 1.82) is 0 Å². The van der Waals surface area contributed by atoms with E-state index >= 15 is 0 Å². The Hall–Kier alpha value is -1.06. The largest absolute Gasteiger partial charge is 0.496 e. The van der Waals surface area contributed by atoms with Crippen LogP contribution in [0.15, 0.2) is 18.2 Å². The molecule has 0 amide bonds. The first-order valence-electron chi connectivity index (χ1n) is 6.25. The van der Waals surface area contributed by atoms with Crippen LogP contribution in [0, 0.1) is 0 Å². The SMILES string of the molecule is COc1c(CO)cccc1C1(CN)CCCC1. The molecule has 1 aliphatic rings. The molecule has 0 bridgehead atoms. The van der Waals surface area contributed by atoms with Crippen LogP contribution >= 0.6 is 0 Å². The molecule has 0 unspecified atom stereocenters. The Bertz CT molecular complexity index is 384. The second-order valence-electron chi connectivity index (χ2n) is 4.85. The highest BCUT2D eigenvalue weighted by atomic mass is 16.5. The molecule has 3 nitrogen and oxygen atoms in total. The number of methoxy groups -OCH3 is 1. The number of para-hydroxylation sites is 1. The van der Waals surface area contributed by atoms with Gasteiger partial charge in [0.25, 0.3) is 0 Å². The summed E-state index contributed by atoms with van der Waals surface area (Å²) in [6, 6.07) is 5.98. The van der Waals surface area contributed by atoms with Crippen molar-refractivity contribution in [3.8, 4) is 5.75 Å². The third-order valence-corrected chi connectivity index (χ3v) is 3.99. The Morgan fingerprint density at radius 1 is 1.35 bits per heavy atom. The van der Waals surface area contributed by atoms with Crippen LogP contribution in [-0.2, 0) is 12.0 Å². The van der Waals surface area contributed by atoms with E-state index in [1.807, 2.05) is 12.1 Å². The molecular formula is C14H21NO2. The number of benzene rings is 1. The average Bonchev–Trinajstić information content (AvgIpc) is 2.87. The minimum atomic E-state index is 0.0116. The molecule has 1 saturated carbocycles. The van der Waals surface area contributed by atoms with Gasteiger partial charge >= 0.3 is 0 Å². The standard InChI is InChI=1S/C14H21NO2/c1-17-13-11(9-16)5-4-6-12(13)14(10-15)7-2-3-8-14/h4-6,16H,2-3,7-10,15H2,1H3. The molecule has 0 heterocycles. The van der Waals surface area contributed by atoms with Gasteiger partial charge in [-0.3, -0.25) is 0 Å². The fraction of sp³-hybridized carbons (Fsp3) is 0.571. The van der Waals surface area contributed by atoms with E-state index in [1.165, 1.54) is 18.4 Å². The molecule has 0 saturated heterocycles. The van der Waals surface area contributed by atoms with Crippen LogP contribution in [0.25, 0.3) is 0 Å². The number of hydrogen-bond acceptors (Lipinski definition) is 3. The summed E-state index contributed by atoms with van der Waals surface area (Å²) in [4.78, 5) is 0. The second kappa shape index (κ2) is 5.07. The van der Waals surface area contributed by atoms with Crippen LogP contribution in [0.4, 0.5) is 0 Å². The van der Waals surface area contributed by atoms with Crippen molar-refractivity contribution in [3.05, 3.63) is 29.3 Å². The van der Waals surface area contributed by atoms with Crippen molar-refractivity contribution in [1.82, 2.24) is 0 Å². The smallest absolute Gasteiger partial charge is 0.128 e. The summed E-state index contributed by atoms with van der Waals surface area (Å²) in [7, 11) is 1.66. The quantitative estimate of drug-likeness (QED) is 0.838. The van der Waals surface area contributed by atoms with Crippen molar-refractivity contribution in [2.45, 2.75) is 37.7 Å². The zero-order chi connectivity index (χ0) is 12.3. The molecule has 1 aliphatic carbocycles. The number of hydrogen-bond donors (Lipinski definition) is 2. The first kappa shape index (κ1) is 12.4. The Kier molecular flexibility index (Phi) is 3.69. The summed E-state index contributed by atoms with van der Waals surface area (Å²) in [5, 5.41) is 9.36. The zero-order valence-electron chi connectivity index (χ0n) is 10.4. The van der Waals surface area contributed by atoms with Gasteiger partial charge in [-0.25, -0.2) is 0 Å². The van der Waals surface area contributed by atoms with Gasteiger partial charge in [-0.2, -0.15) is 0 Å². The summed E-state index contributed by atoms with van der Waals surface area (Å²) >= 11 is 0. The van der Waals surface area contributed by atoms with Crippen molar-refractivity contribution in [3.63, 3.8) is 0 Å². The molecule has 3 heteroatoms. The predicted molar refractivity (Wildman–Crippen MR) is 68.1 cm³/mol. The van der Waals surface area contributed by atoms with Crippen LogP contribution < -0.4 is 10.5 Å². The van der Waals surface area contributed by atoms with E-state index in [1.54, 1.807) is 7.11 Å². The van der Waals surface area contributed by atoms with E-state index in [9.17, 15) is 5.11 Å². The monoisotopic (exact) mass is 235 g/mol. The normalized spacial score (nSPS) is 18.3. The maximum absolute atomic E-state index is 9.36. The highest BCUT2D eigenvalue weighted by molar-refractivity contribution is 5.46. The molecule has 0 aliphatic heterocycles. The molecule has 1 aromatic carbocycles. The van der Waals surface area contributed by atoms with Crippen molar-refractivity contribution < 1.29 is 9.84 Å². The number of ether oxygens (including phenoxy) is 1. The third-order valence-electron chi connectivity index (χ3n) is 3.99. The first-order chi connectivity index (χ1) is 8.27. The van der Waals surface area contributed by atoms with Crippen LogP contribution in [-0.4, -0.2) is 18.8 Å². The molecule has 3 N–H and O–H groups in total. The Labute approximate surface area is 103 Å². The summed E-state index contributed by atoms with van der Waals surface area (Å²) < 4.78 is 5.49. The molecule has 94 valence electrons. The number of aliphatic hydroxyl groups is 1. The molecule has 0 aromatic heterocycles. The van der Waals surface area contributed by atoms with E-state index in [-0.39, 0.29) is 12.0 Å². The maximum atomic E-state index is 9.36. The van der Waals surface area contributed by atoms with Gasteiger partial charge in [-0.05, 0) is 12.8 Å². The number of nitrogens with two attached hydrogens (primary N) is 1. The molecule has 1 aromatic rings. The van der Waals surface area contributed by atoms with E-state index in [0.29, 0.717) is 6.54 Å². The van der Waals surface area contributed by atoms with Gasteiger partial charge in [0.1, 0.15) is 5.75 Å². The predicted octanol–water partition coefficient (Wildman–Crippen LogP) is 1.96. The van der Waals surface area contributed by atoms with Crippen LogP contribution in [0.3, 0.4) is 0 Å². The molecule has 0 spiro atoms. The van der Waals surface area contributed by atoms with Gasteiger partial charge in [0.05, 0.1) is 13.7 Å². The van der Waals surface area contributed by atoms with Crippen LogP contribution in [0.1, 0.15) is 36.8 Å². The topological polar surface area (TPSA) is 55.5 Å². The molecule has 2 rings (SSSR count). The van der Waals surface area contributed by atoms with E-state index in [0.717, 1.165) is 24.2 Å². The highest BCUT2D eigenvalue weighted by Crippen LogP contribution is 2.44. The van der Waals surface area contributed by atoms with Gasteiger partial charge in [0, 0.05) is 23.1 Å². The van der Waals surface area contributed by atoms with Crippen molar-refractivity contribution >= 4 is 0 Å². The fourth-order valence-electron chi connectivity index (χ4n) is 3.00. The molecule has 0 atom stereocenters. The van der Waals surface area contributed by atoms with Crippen LogP contribution in [0.2, 0.25) is 0 Å². The second-order valence-corrected chi connectivity index (χ2v) is 4.85. The average molecular weight is 235 g/mol. The summed E-state index contributed by atoms with van der Waals surface area (Å²) in [6.07, 6.45) is 4.69. The minimum absolute atomic E-state index is 0.0116. The van der Waals surface area contributed by atoms with E-state index in [2.05, 4.69) is 6.07 Å². The van der Waals surface area contributed by atoms with Gasteiger partial charge < -0.3 is 15.6 Å². The zero-order valence-corrected chi connectivity index (χ0v) is 10.4. The summed E-state index contributed by atoms with van der Waals surface area (Å²) in [5.74, 6) is 0.822. The minimum Gasteiger partial charge on any atom is -0.496 e. The van der Waals surface area contributed by atoms with E-state index in [4.69, 9.17) is 10.5 Å². The van der Waals surface area contributed by atoms with Gasteiger partial charge in [0.2, 0.25) is 0 Å². The molecule has 17 heavy (non-hydrogen) atoms. The lowest BCUT2D eigenvalue weighted by Gasteiger charge is -2.30. The van der Waals surface area contributed by atoms with Gasteiger partial charge in [-0.1, -0.05) is 31.0 Å². The highest BCUT2D eigenvalue weighted by Gasteiger charge is 2.36. The van der Waals surface area contributed by atoms with Gasteiger partial charge in [-0.15, -0.1) is 0 Å². The lowest BCUT2D eigenvalue weighted by molar-refractivity contribution is 0.271. The molecular weight excluding hydrogens is 214 g/mol. The van der Waals surface area contributed by atoms with E-state index < -0.39 is 0 Å². The van der Waals surface area contributed by atoms with Crippen molar-refractivity contribution in [2.24, 2.45) is 5.73 Å². The Balaban J connectivity index is 2.49. The Morgan fingerprint density at radius 2 is 2.06 bits per heavy atom. The van der Waals surface area contributed by atoms with Gasteiger partial charge in [0.15, 0.2) is 0 Å². The third kappa shape index (κ3) is 2.05. The summed E-state index contributed by atoms with van der Waals surface area (Å²) in [6.45, 7) is 0.663. The number of aliphatic hydroxyl groups excluding tert-OH is 1. The summed E-state index contributed by atoms with van der Waals surface area (Å²) in [5.41, 5.74) is 8.07. The van der Waals surface area contributed by atoms with Crippen LogP contribution in [0.5, 0.6) is 5.75 Å². The Morgan fingerprint density at radius 3 is 2.59 bits per heavy atom. The first-order valence-corrected chi connectivity index (χ1v) is 6.25. The lowest BCUT2D eigenvalue weighted by Crippen LogP contribution is -2.32. The molecule has 1 fully saturated rings. The fourth-order valence-corrected chi connectivity index (χ4v) is 3.00. The van der Waals surface area contributed by atoms with Crippen molar-refractivity contribution in [2.75, 3.05) is 13.7 Å². The number of rotatable bonds is 4.